The number of fused-ring (bicyclic) bond motifs is 3. The number of para-hydroxylation sites is 1. The highest BCUT2D eigenvalue weighted by molar-refractivity contribution is 7.85. The van der Waals surface area contributed by atoms with Crippen molar-refractivity contribution in [2.45, 2.75) is 25.2 Å². The Morgan fingerprint density at radius 2 is 1.89 bits per heavy atom. The Kier molecular flexibility index (Phi) is 7.62. The molecule has 35 heavy (non-hydrogen) atoms. The fourth-order valence-corrected chi connectivity index (χ4v) is 4.70. The quantitative estimate of drug-likeness (QED) is 0.388. The molecule has 3 aromatic rings. The number of methoxy groups -OCH3 is 3. The molecular formula is C23H26ClN3O7S. The fourth-order valence-electron chi connectivity index (χ4n) is 4.12. The summed E-state index contributed by atoms with van der Waals surface area (Å²) in [5.41, 5.74) is 2.20. The smallest absolute Gasteiger partial charge is 0.264 e. The van der Waals surface area contributed by atoms with Gasteiger partial charge < -0.3 is 18.9 Å². The van der Waals surface area contributed by atoms with E-state index >= 15 is 0 Å². The molecule has 1 aliphatic heterocycles. The maximum absolute atomic E-state index is 11.6. The largest absolute Gasteiger partial charge is 0.493 e. The molecule has 0 amide bonds. The third-order valence-corrected chi connectivity index (χ3v) is 6.35. The Morgan fingerprint density at radius 1 is 1.09 bits per heavy atom. The molecule has 0 spiro atoms. The minimum atomic E-state index is -3.63. The maximum Gasteiger partial charge on any atom is 0.264 e. The van der Waals surface area contributed by atoms with Crippen LogP contribution in [0.2, 0.25) is 5.02 Å². The first kappa shape index (κ1) is 25.4. The number of hydrogen-bond acceptors (Lipinski definition) is 9. The molecule has 2 heterocycles. The molecule has 0 N–H and O–H groups in total. The van der Waals surface area contributed by atoms with Crippen LogP contribution in [0.15, 0.2) is 36.4 Å². The van der Waals surface area contributed by atoms with Crippen molar-refractivity contribution in [1.82, 2.24) is 14.8 Å². The Bertz CT molecular complexity index is 1310. The summed E-state index contributed by atoms with van der Waals surface area (Å²) < 4.78 is 53.2. The van der Waals surface area contributed by atoms with Crippen molar-refractivity contribution in [3.8, 4) is 17.2 Å². The zero-order valence-corrected chi connectivity index (χ0v) is 21.3. The van der Waals surface area contributed by atoms with Gasteiger partial charge in [0.2, 0.25) is 0 Å². The van der Waals surface area contributed by atoms with Crippen molar-refractivity contribution in [1.29, 1.82) is 0 Å². The van der Waals surface area contributed by atoms with E-state index in [-0.39, 0.29) is 19.6 Å². The van der Waals surface area contributed by atoms with Crippen LogP contribution in [0, 0.1) is 0 Å². The first-order valence-electron chi connectivity index (χ1n) is 10.7. The van der Waals surface area contributed by atoms with Crippen LogP contribution >= 0.6 is 11.6 Å². The third-order valence-electron chi connectivity index (χ3n) is 5.52. The number of benzene rings is 2. The maximum atomic E-state index is 11.6. The molecule has 2 aromatic carbocycles. The van der Waals surface area contributed by atoms with Gasteiger partial charge >= 0.3 is 0 Å². The van der Waals surface area contributed by atoms with Crippen molar-refractivity contribution < 1.29 is 31.5 Å². The normalized spacial score (nSPS) is 17.4. The highest BCUT2D eigenvalue weighted by Crippen LogP contribution is 2.46. The fraction of sp³-hybridized carbons (Fsp3) is 0.391. The first-order chi connectivity index (χ1) is 16.8. The summed E-state index contributed by atoms with van der Waals surface area (Å²) in [6.07, 6.45) is -0.138. The lowest BCUT2D eigenvalue weighted by atomic mass is 9.98. The van der Waals surface area contributed by atoms with E-state index in [1.54, 1.807) is 33.5 Å². The zero-order chi connectivity index (χ0) is 25.2. The molecule has 2 unspecified atom stereocenters. The Labute approximate surface area is 208 Å². The molecule has 0 bridgehead atoms. The van der Waals surface area contributed by atoms with Crippen LogP contribution < -0.4 is 9.47 Å². The summed E-state index contributed by atoms with van der Waals surface area (Å²) >= 11 is 6.42. The van der Waals surface area contributed by atoms with Crippen LogP contribution in [0.4, 0.5) is 0 Å². The first-order valence-corrected chi connectivity index (χ1v) is 12.9. The second-order valence-electron chi connectivity index (χ2n) is 7.85. The number of nitrogens with zero attached hydrogens (tertiary/aromatic N) is 3. The van der Waals surface area contributed by atoms with Crippen LogP contribution in [0.5, 0.6) is 11.5 Å². The van der Waals surface area contributed by atoms with Crippen LogP contribution in [0.1, 0.15) is 41.4 Å². The standard InChI is InChI=1S/C23H26ClN3O7S/c1-30-13-20-25-26-23-19(10-11-33-35(4,28)29)34-21(15-6-5-7-18(31-2)22(15)32-3)16-12-14(24)8-9-17(16)27(20)23/h5-9,12,19,21H,10-11,13H2,1-4H3. The molecule has 0 saturated carbocycles. The lowest BCUT2D eigenvalue weighted by Gasteiger charge is -2.25. The highest BCUT2D eigenvalue weighted by Gasteiger charge is 2.35. The van der Waals surface area contributed by atoms with Gasteiger partial charge in [-0.3, -0.25) is 8.75 Å². The second kappa shape index (κ2) is 10.5. The number of ether oxygens (including phenoxy) is 4. The summed E-state index contributed by atoms with van der Waals surface area (Å²) in [4.78, 5) is 0. The predicted octanol–water partition coefficient (Wildman–Crippen LogP) is 3.61. The van der Waals surface area contributed by atoms with Crippen LogP contribution in [-0.2, 0) is 30.4 Å². The van der Waals surface area contributed by atoms with Crippen molar-refractivity contribution in [2.75, 3.05) is 34.2 Å². The summed E-state index contributed by atoms with van der Waals surface area (Å²) in [6.45, 7) is 0.101. The average Bonchev–Trinajstić information content (AvgIpc) is 3.17. The van der Waals surface area contributed by atoms with Gasteiger partial charge in [-0.25, -0.2) is 0 Å². The van der Waals surface area contributed by atoms with Gasteiger partial charge in [-0.15, -0.1) is 10.2 Å². The molecule has 0 saturated heterocycles. The van der Waals surface area contributed by atoms with Gasteiger partial charge in [-0.05, 0) is 24.3 Å². The van der Waals surface area contributed by atoms with E-state index in [1.807, 2.05) is 28.8 Å². The third kappa shape index (κ3) is 5.29. The van der Waals surface area contributed by atoms with E-state index in [9.17, 15) is 8.42 Å². The molecule has 0 radical (unpaired) electrons. The average molecular weight is 524 g/mol. The van der Waals surface area contributed by atoms with Crippen LogP contribution in [0.3, 0.4) is 0 Å². The van der Waals surface area contributed by atoms with Crippen molar-refractivity contribution in [3.63, 3.8) is 0 Å². The Hall–Kier alpha value is -2.70. The molecule has 188 valence electrons. The minimum Gasteiger partial charge on any atom is -0.493 e. The summed E-state index contributed by atoms with van der Waals surface area (Å²) in [5, 5.41) is 9.17. The number of halogens is 1. The van der Waals surface area contributed by atoms with Gasteiger partial charge in [0.25, 0.3) is 10.1 Å². The Balaban J connectivity index is 1.91. The number of rotatable bonds is 9. The summed E-state index contributed by atoms with van der Waals surface area (Å²) in [5.74, 6) is 2.09. The van der Waals surface area contributed by atoms with E-state index in [0.29, 0.717) is 33.7 Å². The Morgan fingerprint density at radius 3 is 2.57 bits per heavy atom. The van der Waals surface area contributed by atoms with Crippen molar-refractivity contribution in [2.24, 2.45) is 0 Å². The lowest BCUT2D eigenvalue weighted by molar-refractivity contribution is -0.00772. The molecule has 1 aliphatic rings. The van der Waals surface area contributed by atoms with Gasteiger partial charge in [-0.2, -0.15) is 8.42 Å². The second-order valence-corrected chi connectivity index (χ2v) is 9.93. The molecule has 0 fully saturated rings. The predicted molar refractivity (Wildman–Crippen MR) is 128 cm³/mol. The van der Waals surface area contributed by atoms with Gasteiger partial charge in [0.1, 0.15) is 18.8 Å². The zero-order valence-electron chi connectivity index (χ0n) is 19.7. The number of hydrogen-bond donors (Lipinski definition) is 0. The molecule has 2 atom stereocenters. The molecule has 12 heteroatoms. The van der Waals surface area contributed by atoms with Crippen LogP contribution in [-0.4, -0.2) is 57.4 Å². The SMILES string of the molecule is COCc1nnc2n1-c1ccc(Cl)cc1C(c1cccc(OC)c1OC)OC2CCOS(C)(=O)=O. The van der Waals surface area contributed by atoms with Gasteiger partial charge in [0.15, 0.2) is 23.1 Å². The molecule has 1 aromatic heterocycles. The monoisotopic (exact) mass is 523 g/mol. The van der Waals surface area contributed by atoms with Gasteiger partial charge in [0, 0.05) is 29.7 Å². The van der Waals surface area contributed by atoms with Gasteiger partial charge in [-0.1, -0.05) is 23.7 Å². The molecule has 4 rings (SSSR count). The van der Waals surface area contributed by atoms with E-state index in [2.05, 4.69) is 10.2 Å². The summed E-state index contributed by atoms with van der Waals surface area (Å²) in [6, 6.07) is 11.0. The van der Waals surface area contributed by atoms with Crippen LogP contribution in [0.25, 0.3) is 5.69 Å². The molecule has 0 aliphatic carbocycles. The summed E-state index contributed by atoms with van der Waals surface area (Å²) in [7, 11) is 1.05. The molecular weight excluding hydrogens is 498 g/mol. The van der Waals surface area contributed by atoms with E-state index in [1.165, 1.54) is 0 Å². The number of aromatic nitrogens is 3. The lowest BCUT2D eigenvalue weighted by Crippen LogP contribution is -2.15. The minimum absolute atomic E-state index is 0.102. The van der Waals surface area contributed by atoms with E-state index in [0.717, 1.165) is 17.5 Å². The topological polar surface area (TPSA) is 111 Å². The molecule has 10 nitrogen and oxygen atoms in total. The van der Waals surface area contributed by atoms with E-state index < -0.39 is 22.3 Å². The van der Waals surface area contributed by atoms with E-state index in [4.69, 9.17) is 34.7 Å². The van der Waals surface area contributed by atoms with Crippen molar-refractivity contribution in [3.05, 3.63) is 64.2 Å². The highest BCUT2D eigenvalue weighted by atomic mass is 35.5. The van der Waals surface area contributed by atoms with Gasteiger partial charge in [0.05, 0.1) is 32.8 Å². The van der Waals surface area contributed by atoms with Crippen molar-refractivity contribution >= 4 is 21.7 Å².